The molecule has 88 valence electrons. The minimum atomic E-state index is 0.446. The molecule has 2 fully saturated rings. The molecule has 0 aromatic carbocycles. The van der Waals surface area contributed by atoms with E-state index in [1.807, 2.05) is 0 Å². The maximum atomic E-state index is 3.86. The summed E-state index contributed by atoms with van der Waals surface area (Å²) >= 11 is 0. The van der Waals surface area contributed by atoms with Gasteiger partial charge in [0.25, 0.3) is 0 Å². The molecule has 2 saturated carbocycles. The van der Waals surface area contributed by atoms with Crippen LogP contribution in [0.5, 0.6) is 0 Å². The van der Waals surface area contributed by atoms with Crippen molar-refractivity contribution in [3.05, 3.63) is 0 Å². The summed E-state index contributed by atoms with van der Waals surface area (Å²) in [5, 5.41) is 3.86. The molecule has 1 nitrogen and oxygen atoms in total. The van der Waals surface area contributed by atoms with Crippen LogP contribution in [-0.4, -0.2) is 11.6 Å². The molecule has 0 aromatic heterocycles. The van der Waals surface area contributed by atoms with E-state index in [-0.39, 0.29) is 0 Å². The highest BCUT2D eigenvalue weighted by Gasteiger charge is 2.50. The average Bonchev–Trinajstić information content (AvgIpc) is 2.89. The molecule has 2 aliphatic rings. The van der Waals surface area contributed by atoms with E-state index in [2.05, 4.69) is 33.0 Å². The summed E-state index contributed by atoms with van der Waals surface area (Å²) in [5.74, 6) is 0.774. The molecule has 0 saturated heterocycles. The number of hydrogen-bond acceptors (Lipinski definition) is 1. The van der Waals surface area contributed by atoms with Crippen LogP contribution in [-0.2, 0) is 0 Å². The molecule has 1 heteroatoms. The Hall–Kier alpha value is -0.0400. The highest BCUT2D eigenvalue weighted by atomic mass is 15.0. The molecular weight excluding hydrogens is 182 g/mol. The first kappa shape index (κ1) is 11.4. The van der Waals surface area contributed by atoms with Crippen LogP contribution >= 0.6 is 0 Å². The largest absolute Gasteiger partial charge is 0.309 e. The Morgan fingerprint density at radius 3 is 1.60 bits per heavy atom. The molecule has 0 unspecified atom stereocenters. The molecule has 0 aliphatic heterocycles. The minimum Gasteiger partial charge on any atom is -0.309 e. The van der Waals surface area contributed by atoms with Crippen LogP contribution in [0.2, 0.25) is 0 Å². The van der Waals surface area contributed by atoms with Gasteiger partial charge in [0.2, 0.25) is 0 Å². The lowest BCUT2D eigenvalue weighted by Crippen LogP contribution is -2.54. The van der Waals surface area contributed by atoms with Crippen LogP contribution < -0.4 is 5.32 Å². The Balaban J connectivity index is 2.01. The van der Waals surface area contributed by atoms with Crippen LogP contribution in [0, 0.1) is 11.3 Å². The molecule has 2 rings (SSSR count). The van der Waals surface area contributed by atoms with Gasteiger partial charge in [-0.15, -0.1) is 0 Å². The van der Waals surface area contributed by atoms with Crippen LogP contribution in [0.4, 0.5) is 0 Å². The second kappa shape index (κ2) is 3.76. The fraction of sp³-hybridized carbons (Fsp3) is 1.00. The summed E-state index contributed by atoms with van der Waals surface area (Å²) in [5.41, 5.74) is 1.26. The first-order chi connectivity index (χ1) is 6.98. The van der Waals surface area contributed by atoms with Crippen molar-refractivity contribution in [3.63, 3.8) is 0 Å². The van der Waals surface area contributed by atoms with Crippen molar-refractivity contribution >= 4 is 0 Å². The minimum absolute atomic E-state index is 0.446. The van der Waals surface area contributed by atoms with Crippen molar-refractivity contribution in [2.75, 3.05) is 0 Å². The Morgan fingerprint density at radius 2 is 1.27 bits per heavy atom. The maximum Gasteiger partial charge on any atom is 0.0207 e. The Morgan fingerprint density at radius 1 is 0.800 bits per heavy atom. The van der Waals surface area contributed by atoms with Gasteiger partial charge < -0.3 is 5.32 Å². The van der Waals surface area contributed by atoms with E-state index in [4.69, 9.17) is 0 Å². The summed E-state index contributed by atoms with van der Waals surface area (Å²) < 4.78 is 0. The zero-order chi connectivity index (χ0) is 11.1. The van der Waals surface area contributed by atoms with Crippen LogP contribution in [0.1, 0.15) is 66.2 Å². The second-order valence-electron chi connectivity index (χ2n) is 6.61. The molecule has 0 aromatic rings. The average molecular weight is 209 g/mol. The third kappa shape index (κ3) is 2.22. The van der Waals surface area contributed by atoms with Crippen molar-refractivity contribution in [2.45, 2.75) is 77.8 Å². The predicted octanol–water partition coefficient (Wildman–Crippen LogP) is 3.73. The van der Waals surface area contributed by atoms with E-state index in [0.29, 0.717) is 11.6 Å². The monoisotopic (exact) mass is 209 g/mol. The van der Waals surface area contributed by atoms with E-state index in [1.54, 1.807) is 0 Å². The van der Waals surface area contributed by atoms with Crippen molar-refractivity contribution in [3.8, 4) is 0 Å². The second-order valence-corrected chi connectivity index (χ2v) is 6.61. The molecule has 0 heterocycles. The van der Waals surface area contributed by atoms with Crippen molar-refractivity contribution in [1.29, 1.82) is 0 Å². The lowest BCUT2D eigenvalue weighted by atomic mass is 9.69. The predicted molar refractivity (Wildman–Crippen MR) is 66.0 cm³/mol. The summed E-state index contributed by atoms with van der Waals surface area (Å²) in [6, 6.07) is 0.626. The number of rotatable bonds is 3. The standard InChI is InChI=1S/C14H27N/c1-11(2)14(15-12(3)4)9-7-13(5-6-13)8-10-14/h11-12,15H,5-10H2,1-4H3. The molecule has 15 heavy (non-hydrogen) atoms. The van der Waals surface area contributed by atoms with Gasteiger partial charge in [-0.3, -0.25) is 0 Å². The van der Waals surface area contributed by atoms with Crippen molar-refractivity contribution < 1.29 is 0 Å². The molecule has 0 radical (unpaired) electrons. The molecule has 0 amide bonds. The third-order valence-electron chi connectivity index (χ3n) is 4.84. The first-order valence-electron chi connectivity index (χ1n) is 6.76. The molecule has 1 N–H and O–H groups in total. The smallest absolute Gasteiger partial charge is 0.0207 e. The maximum absolute atomic E-state index is 3.86. The Kier molecular flexibility index (Phi) is 2.87. The summed E-state index contributed by atoms with van der Waals surface area (Å²) in [4.78, 5) is 0. The number of nitrogens with one attached hydrogen (secondary N) is 1. The van der Waals surface area contributed by atoms with E-state index in [1.165, 1.54) is 38.5 Å². The fourth-order valence-corrected chi connectivity index (χ4v) is 3.37. The lowest BCUT2D eigenvalue weighted by molar-refractivity contribution is 0.117. The van der Waals surface area contributed by atoms with E-state index in [0.717, 1.165) is 11.3 Å². The Bertz CT molecular complexity index is 215. The Labute approximate surface area is 95.0 Å². The summed E-state index contributed by atoms with van der Waals surface area (Å²) in [7, 11) is 0. The molecule has 2 aliphatic carbocycles. The van der Waals surface area contributed by atoms with Crippen molar-refractivity contribution in [2.24, 2.45) is 11.3 Å². The number of hydrogen-bond donors (Lipinski definition) is 1. The molecular formula is C14H27N. The van der Waals surface area contributed by atoms with Gasteiger partial charge >= 0.3 is 0 Å². The highest BCUT2D eigenvalue weighted by Crippen LogP contribution is 2.58. The fourth-order valence-electron chi connectivity index (χ4n) is 3.37. The SMILES string of the molecule is CC(C)NC1(C(C)C)CCC2(CC2)CC1. The third-order valence-corrected chi connectivity index (χ3v) is 4.84. The topological polar surface area (TPSA) is 12.0 Å². The van der Waals surface area contributed by atoms with Crippen LogP contribution in [0.15, 0.2) is 0 Å². The van der Waals surface area contributed by atoms with Gasteiger partial charge in [-0.25, -0.2) is 0 Å². The van der Waals surface area contributed by atoms with E-state index in [9.17, 15) is 0 Å². The first-order valence-corrected chi connectivity index (χ1v) is 6.76. The highest BCUT2D eigenvalue weighted by molar-refractivity contribution is 5.05. The lowest BCUT2D eigenvalue weighted by Gasteiger charge is -2.46. The summed E-state index contributed by atoms with van der Waals surface area (Å²) in [6.07, 6.45) is 8.80. The quantitative estimate of drug-likeness (QED) is 0.747. The summed E-state index contributed by atoms with van der Waals surface area (Å²) in [6.45, 7) is 9.35. The van der Waals surface area contributed by atoms with Gasteiger partial charge in [0.1, 0.15) is 0 Å². The van der Waals surface area contributed by atoms with Gasteiger partial charge in [0, 0.05) is 11.6 Å². The van der Waals surface area contributed by atoms with Crippen molar-refractivity contribution in [1.82, 2.24) is 5.32 Å². The van der Waals surface area contributed by atoms with E-state index < -0.39 is 0 Å². The zero-order valence-electron chi connectivity index (χ0n) is 10.9. The van der Waals surface area contributed by atoms with Crippen LogP contribution in [0.25, 0.3) is 0 Å². The van der Waals surface area contributed by atoms with Crippen LogP contribution in [0.3, 0.4) is 0 Å². The van der Waals surface area contributed by atoms with Gasteiger partial charge in [-0.05, 0) is 49.9 Å². The molecule has 1 spiro atoms. The van der Waals surface area contributed by atoms with Gasteiger partial charge in [0.05, 0.1) is 0 Å². The molecule has 0 bridgehead atoms. The van der Waals surface area contributed by atoms with Gasteiger partial charge in [0.15, 0.2) is 0 Å². The normalized spacial score (nSPS) is 27.6. The van der Waals surface area contributed by atoms with E-state index >= 15 is 0 Å². The zero-order valence-corrected chi connectivity index (χ0v) is 10.9. The van der Waals surface area contributed by atoms with Gasteiger partial charge in [-0.1, -0.05) is 27.7 Å². The van der Waals surface area contributed by atoms with Gasteiger partial charge in [-0.2, -0.15) is 0 Å². The molecule has 0 atom stereocenters.